The van der Waals surface area contributed by atoms with Crippen molar-refractivity contribution in [2.24, 2.45) is 0 Å². The van der Waals surface area contributed by atoms with E-state index in [1.165, 1.54) is 11.1 Å². The van der Waals surface area contributed by atoms with Crippen LogP contribution in [0.1, 0.15) is 119 Å². The first-order chi connectivity index (χ1) is 29.9. The Morgan fingerprint density at radius 2 is 0.652 bits per heavy atom. The molecule has 0 unspecified atom stereocenters. The van der Waals surface area contributed by atoms with E-state index in [1.54, 1.807) is 22.3 Å². The molecule has 0 aliphatic carbocycles. The van der Waals surface area contributed by atoms with Gasteiger partial charge in [-0.25, -0.2) is 0 Å². The summed E-state index contributed by atoms with van der Waals surface area (Å²) >= 11 is 6.20. The summed E-state index contributed by atoms with van der Waals surface area (Å²) in [7, 11) is -9.28. The van der Waals surface area contributed by atoms with E-state index in [4.69, 9.17) is 0 Å². The van der Waals surface area contributed by atoms with Crippen LogP contribution >= 0.6 is 0 Å². The van der Waals surface area contributed by atoms with Crippen molar-refractivity contribution < 1.29 is 0 Å². The summed E-state index contributed by atoms with van der Waals surface area (Å²) in [6.45, 7) is 63.4. The Bertz CT molecular complexity index is 2000. The zero-order valence-electron chi connectivity index (χ0n) is 46.2. The van der Waals surface area contributed by atoms with Gasteiger partial charge in [0.05, 0.1) is 0 Å². The summed E-state index contributed by atoms with van der Waals surface area (Å²) < 4.78 is 3.96. The van der Waals surface area contributed by atoms with Crippen molar-refractivity contribution in [1.82, 2.24) is 0 Å². The fraction of sp³-hybridized carbons (Fsp3) is 0.564. The molecule has 0 fully saturated rings. The van der Waals surface area contributed by atoms with E-state index in [0.29, 0.717) is 44.0 Å². The van der Waals surface area contributed by atoms with Crippen molar-refractivity contribution >= 4 is 131 Å². The molecule has 0 saturated heterocycles. The SMILES string of the molecule is CC(C)c1cc(C(C)C)[c]([Sn][c]2c(C([Si](C)(C)C)[Si](C)(C)C)cc(C([Si](C)(C)C)[Si](C)(C)C)cc2C([Si](C)(C)C)[Si](C)(C)C)c(C(C)C)c1.[Se][Se]C([Se][Se])(c1ccccc1)c1ccccc1. The monoisotopic (exact) mass is 1360 g/mol. The second-order valence-electron chi connectivity index (χ2n) is 26.7. The molecule has 0 N–H and O–H groups in total. The Balaban J connectivity index is 0.000000562. The topological polar surface area (TPSA) is 0 Å². The Labute approximate surface area is 451 Å². The van der Waals surface area contributed by atoms with Gasteiger partial charge in [0.1, 0.15) is 0 Å². The number of hydrogen-bond donors (Lipinski definition) is 0. The van der Waals surface area contributed by atoms with Gasteiger partial charge >= 0.3 is 457 Å². The van der Waals surface area contributed by atoms with Gasteiger partial charge in [0.15, 0.2) is 0 Å². The molecule has 4 rings (SSSR count). The van der Waals surface area contributed by atoms with Gasteiger partial charge in [0, 0.05) is 0 Å². The van der Waals surface area contributed by atoms with Crippen LogP contribution in [0.2, 0.25) is 118 Å². The number of hydrogen-bond acceptors (Lipinski definition) is 0. The van der Waals surface area contributed by atoms with E-state index in [-0.39, 0.29) is 3.21 Å². The molecule has 66 heavy (non-hydrogen) atoms. The third-order valence-electron chi connectivity index (χ3n) is 13.3. The second-order valence-corrected chi connectivity index (χ2v) is 72.1. The van der Waals surface area contributed by atoms with Crippen molar-refractivity contribution in [2.45, 2.75) is 196 Å². The van der Waals surface area contributed by atoms with Gasteiger partial charge in [-0.15, -0.1) is 0 Å². The summed E-state index contributed by atoms with van der Waals surface area (Å²) in [5.41, 5.74) is 13.3. The van der Waals surface area contributed by atoms with Gasteiger partial charge in [-0.2, -0.15) is 0 Å². The molecule has 0 atom stereocenters. The molecule has 0 aliphatic rings. The summed E-state index contributed by atoms with van der Waals surface area (Å²) in [5, 5.41) is 2.30. The zero-order valence-corrected chi connectivity index (χ0v) is 61.9. The first-order valence-electron chi connectivity index (χ1n) is 24.8. The van der Waals surface area contributed by atoms with Crippen LogP contribution in [-0.4, -0.2) is 124 Å². The third-order valence-corrected chi connectivity index (χ3v) is 61.7. The molecule has 0 aliphatic heterocycles. The van der Waals surface area contributed by atoms with Gasteiger partial charge < -0.3 is 0 Å². The maximum absolute atomic E-state index is 3.29. The van der Waals surface area contributed by atoms with E-state index in [1.807, 2.05) is 18.3 Å². The van der Waals surface area contributed by atoms with Crippen LogP contribution in [0, 0.1) is 0 Å². The van der Waals surface area contributed by atoms with E-state index in [2.05, 4.69) is 273 Å². The second kappa shape index (κ2) is 23.9. The van der Waals surface area contributed by atoms with Crippen LogP contribution in [0.15, 0.2) is 84.9 Å². The van der Waals surface area contributed by atoms with Crippen molar-refractivity contribution in [1.29, 1.82) is 0 Å². The van der Waals surface area contributed by atoms with Gasteiger partial charge in [0.2, 0.25) is 0 Å². The van der Waals surface area contributed by atoms with Crippen molar-refractivity contribution in [3.8, 4) is 0 Å². The van der Waals surface area contributed by atoms with Crippen LogP contribution in [0.3, 0.4) is 0 Å². The molecule has 0 heterocycles. The summed E-state index contributed by atoms with van der Waals surface area (Å²) in [6.07, 6.45) is 0. The number of benzene rings is 4. The predicted octanol–water partition coefficient (Wildman–Crippen LogP) is 14.7. The Hall–Kier alpha value is 1.06. The quantitative estimate of drug-likeness (QED) is 0.0871. The summed E-state index contributed by atoms with van der Waals surface area (Å²) in [4.78, 5) is 0. The molecule has 0 amide bonds. The molecule has 4 radical (unpaired) electrons. The van der Waals surface area contributed by atoms with Crippen LogP contribution in [0.5, 0.6) is 0 Å². The van der Waals surface area contributed by atoms with Crippen molar-refractivity contribution in [2.75, 3.05) is 0 Å². The predicted molar refractivity (Wildman–Crippen MR) is 325 cm³/mol. The molecular formula is C55H92Se4Si6Sn. The minimum atomic E-state index is -1.57. The molecule has 364 valence electrons. The fourth-order valence-electron chi connectivity index (χ4n) is 12.2. The summed E-state index contributed by atoms with van der Waals surface area (Å²) in [5.74, 6) is 1.67. The minimum absolute atomic E-state index is 0.183. The molecule has 11 heteroatoms. The standard InChI is InChI=1S/C27H59Si6.C15H23.C13H10Se4.Sn/c1-28(2,3)25(29(4,5)6)22-19-23(26(30(7,8)9)31(10,11)12)21-24(20-22)27(32(13,14)15)33(16,17)18;1-10(2)13-7-14(11(3)4)9-15(8-13)12(5)6;14-16-13(17-15,11-7-3-1-4-8-11)12-9-5-2-6-10-12;/h19-20,25-27H,1-18H3;7-8,10-12H,1-6H3;1-10H;. The molecule has 0 saturated carbocycles. The Morgan fingerprint density at radius 3 is 0.894 bits per heavy atom. The first-order valence-corrected chi connectivity index (χ1v) is 59.5. The molecular weight excluding hydrogens is 1260 g/mol. The maximum atomic E-state index is 3.29. The average Bonchev–Trinajstić information content (AvgIpc) is 3.14. The average molecular weight is 1360 g/mol. The first kappa shape index (κ1) is 61.4. The Morgan fingerprint density at radius 1 is 0.379 bits per heavy atom. The van der Waals surface area contributed by atoms with Gasteiger partial charge in [-0.05, 0) is 0 Å². The third kappa shape index (κ3) is 15.5. The summed E-state index contributed by atoms with van der Waals surface area (Å²) in [6, 6.07) is 32.8. The van der Waals surface area contributed by atoms with E-state index in [0.717, 1.165) is 15.5 Å². The van der Waals surface area contributed by atoms with Crippen molar-refractivity contribution in [3.05, 3.63) is 129 Å². The van der Waals surface area contributed by atoms with E-state index < -0.39 is 69.6 Å². The molecule has 0 bridgehead atoms. The van der Waals surface area contributed by atoms with E-state index >= 15 is 0 Å². The zero-order chi connectivity index (χ0) is 50.8. The molecule has 0 spiro atoms. The molecule has 4 aromatic carbocycles. The Kier molecular flexibility index (Phi) is 22.3. The fourth-order valence-corrected chi connectivity index (χ4v) is 73.9. The molecule has 4 aromatic rings. The van der Waals surface area contributed by atoms with Gasteiger partial charge in [0.25, 0.3) is 0 Å². The van der Waals surface area contributed by atoms with Crippen LogP contribution in [0.25, 0.3) is 0 Å². The molecule has 0 aromatic heterocycles. The number of rotatable bonds is 18. The van der Waals surface area contributed by atoms with Crippen LogP contribution < -0.4 is 7.16 Å². The van der Waals surface area contributed by atoms with Gasteiger partial charge in [-0.1, -0.05) is 0 Å². The van der Waals surface area contributed by atoms with Crippen LogP contribution in [0.4, 0.5) is 0 Å². The van der Waals surface area contributed by atoms with E-state index in [9.17, 15) is 0 Å². The molecule has 0 nitrogen and oxygen atoms in total. The normalized spacial score (nSPS) is 13.7. The van der Waals surface area contributed by atoms with Gasteiger partial charge in [-0.3, -0.25) is 0 Å². The van der Waals surface area contributed by atoms with Crippen LogP contribution in [-0.2, 0) is 3.21 Å². The van der Waals surface area contributed by atoms with Crippen molar-refractivity contribution in [3.63, 3.8) is 0 Å².